The van der Waals surface area contributed by atoms with Crippen LogP contribution in [0, 0.1) is 13.8 Å². The van der Waals surface area contributed by atoms with Crippen molar-refractivity contribution in [1.29, 1.82) is 0 Å². The number of benzene rings is 1. The molecule has 9 heteroatoms. The Morgan fingerprint density at radius 3 is 2.53 bits per heavy atom. The summed E-state index contributed by atoms with van der Waals surface area (Å²) in [5, 5.41) is 10.3. The van der Waals surface area contributed by atoms with Gasteiger partial charge in [-0.05, 0) is 58.2 Å². The first-order chi connectivity index (χ1) is 15.5. The van der Waals surface area contributed by atoms with Gasteiger partial charge < -0.3 is 4.90 Å². The fraction of sp³-hybridized carbons (Fsp3) is 0.435. The number of hydrogen-bond donors (Lipinski definition) is 0. The van der Waals surface area contributed by atoms with Gasteiger partial charge in [0.2, 0.25) is 5.91 Å². The molecule has 2 aromatic heterocycles. The summed E-state index contributed by atoms with van der Waals surface area (Å²) in [7, 11) is 0. The number of amides is 1. The topological polar surface area (TPSA) is 76.8 Å². The molecular formula is C23H28N6OS2. The maximum atomic E-state index is 12.8. The number of para-hydroxylation sites is 1. The Morgan fingerprint density at radius 2 is 1.81 bits per heavy atom. The second kappa shape index (κ2) is 10.5. The second-order valence-corrected chi connectivity index (χ2v) is 9.90. The first-order valence-electron chi connectivity index (χ1n) is 10.9. The summed E-state index contributed by atoms with van der Waals surface area (Å²) in [6.07, 6.45) is 3.37. The lowest BCUT2D eigenvalue weighted by Crippen LogP contribution is -2.42. The van der Waals surface area contributed by atoms with E-state index in [0.717, 1.165) is 52.6 Å². The van der Waals surface area contributed by atoms with Crippen LogP contribution < -0.4 is 0 Å². The minimum Gasteiger partial charge on any atom is -0.339 e. The van der Waals surface area contributed by atoms with Gasteiger partial charge in [0.15, 0.2) is 10.3 Å². The number of aryl methyl sites for hydroxylation is 2. The fourth-order valence-corrected chi connectivity index (χ4v) is 5.61. The van der Waals surface area contributed by atoms with Crippen LogP contribution in [0.25, 0.3) is 5.69 Å². The quantitative estimate of drug-likeness (QED) is 0.374. The van der Waals surface area contributed by atoms with Crippen LogP contribution in [0.3, 0.4) is 0 Å². The van der Waals surface area contributed by atoms with Crippen LogP contribution in [-0.2, 0) is 10.5 Å². The highest BCUT2D eigenvalue weighted by Gasteiger charge is 2.24. The van der Waals surface area contributed by atoms with Crippen molar-refractivity contribution < 1.29 is 4.79 Å². The third-order valence-corrected chi connectivity index (χ3v) is 7.21. The van der Waals surface area contributed by atoms with Crippen molar-refractivity contribution in [3.05, 3.63) is 53.6 Å². The Kier molecular flexibility index (Phi) is 7.47. The van der Waals surface area contributed by atoms with E-state index < -0.39 is 0 Å². The van der Waals surface area contributed by atoms with E-state index in [2.05, 4.69) is 27.1 Å². The lowest BCUT2D eigenvalue weighted by Gasteiger charge is -2.33. The van der Waals surface area contributed by atoms with E-state index in [0.29, 0.717) is 17.5 Å². The Morgan fingerprint density at radius 1 is 1.06 bits per heavy atom. The van der Waals surface area contributed by atoms with E-state index in [4.69, 9.17) is 0 Å². The minimum atomic E-state index is 0.171. The van der Waals surface area contributed by atoms with E-state index in [9.17, 15) is 4.79 Å². The van der Waals surface area contributed by atoms with Crippen molar-refractivity contribution >= 4 is 29.4 Å². The van der Waals surface area contributed by atoms with Crippen LogP contribution >= 0.6 is 23.5 Å². The molecule has 0 aliphatic carbocycles. The lowest BCUT2D eigenvalue weighted by atomic mass is 10.0. The molecule has 0 saturated carbocycles. The van der Waals surface area contributed by atoms with Gasteiger partial charge in [0, 0.05) is 29.7 Å². The second-order valence-electron chi connectivity index (χ2n) is 8.01. The molecule has 3 heterocycles. The molecule has 1 fully saturated rings. The minimum absolute atomic E-state index is 0.171. The summed E-state index contributed by atoms with van der Waals surface area (Å²) in [6.45, 7) is 6.93. The average Bonchev–Trinajstić information content (AvgIpc) is 3.19. The molecular weight excluding hydrogens is 440 g/mol. The molecule has 0 unspecified atom stereocenters. The molecule has 4 rings (SSSR count). The molecule has 1 aliphatic rings. The normalized spacial score (nSPS) is 16.3. The third kappa shape index (κ3) is 5.50. The van der Waals surface area contributed by atoms with Crippen molar-refractivity contribution in [2.45, 2.75) is 62.1 Å². The standard InChI is InChI=1S/C23H28N6OS2/c1-16-13-17(2)25-22(24-16)31-14-20-26-27-23(29(20)19-10-5-4-6-11-19)32-15-21(30)28-12-8-7-9-18(28)3/h4-6,10-11,13,18H,7-9,12,14-15H2,1-3H3/t18-/m0/s1. The van der Waals surface area contributed by atoms with E-state index in [1.165, 1.54) is 18.2 Å². The number of aromatic nitrogens is 5. The summed E-state index contributed by atoms with van der Waals surface area (Å²) in [5.41, 5.74) is 2.88. The number of rotatable bonds is 7. The van der Waals surface area contributed by atoms with Crippen molar-refractivity contribution in [2.75, 3.05) is 12.3 Å². The zero-order chi connectivity index (χ0) is 22.5. The summed E-state index contributed by atoms with van der Waals surface area (Å²) in [6, 6.07) is 12.3. The number of likely N-dealkylation sites (tertiary alicyclic amines) is 1. The van der Waals surface area contributed by atoms with Crippen LogP contribution in [0.15, 0.2) is 46.7 Å². The monoisotopic (exact) mass is 468 g/mol. The largest absolute Gasteiger partial charge is 0.339 e. The van der Waals surface area contributed by atoms with E-state index in [1.807, 2.05) is 59.7 Å². The van der Waals surface area contributed by atoms with E-state index in [-0.39, 0.29) is 5.91 Å². The summed E-state index contributed by atoms with van der Waals surface area (Å²) < 4.78 is 2.03. The number of thioether (sulfide) groups is 2. The number of hydrogen-bond acceptors (Lipinski definition) is 7. The van der Waals surface area contributed by atoms with Gasteiger partial charge in [-0.2, -0.15) is 0 Å². The molecule has 0 bridgehead atoms. The highest BCUT2D eigenvalue weighted by atomic mass is 32.2. The zero-order valence-electron chi connectivity index (χ0n) is 18.7. The molecule has 0 radical (unpaired) electrons. The Balaban J connectivity index is 1.52. The van der Waals surface area contributed by atoms with Gasteiger partial charge in [-0.3, -0.25) is 9.36 Å². The number of carbonyl (C=O) groups excluding carboxylic acids is 1. The van der Waals surface area contributed by atoms with Crippen LogP contribution in [-0.4, -0.2) is 53.9 Å². The van der Waals surface area contributed by atoms with Gasteiger partial charge in [0.25, 0.3) is 0 Å². The summed E-state index contributed by atoms with van der Waals surface area (Å²) in [4.78, 5) is 23.9. The maximum absolute atomic E-state index is 12.8. The smallest absolute Gasteiger partial charge is 0.233 e. The summed E-state index contributed by atoms with van der Waals surface area (Å²) >= 11 is 2.99. The Labute approximate surface area is 197 Å². The number of carbonyl (C=O) groups is 1. The van der Waals surface area contributed by atoms with E-state index >= 15 is 0 Å². The van der Waals surface area contributed by atoms with Crippen LogP contribution in [0.4, 0.5) is 0 Å². The van der Waals surface area contributed by atoms with Gasteiger partial charge in [-0.1, -0.05) is 41.7 Å². The van der Waals surface area contributed by atoms with Crippen molar-refractivity contribution in [2.24, 2.45) is 0 Å². The van der Waals surface area contributed by atoms with Crippen LogP contribution in [0.2, 0.25) is 0 Å². The molecule has 1 saturated heterocycles. The molecule has 7 nitrogen and oxygen atoms in total. The fourth-order valence-electron chi connectivity index (χ4n) is 3.89. The molecule has 1 aromatic carbocycles. The van der Waals surface area contributed by atoms with Crippen LogP contribution in [0.5, 0.6) is 0 Å². The van der Waals surface area contributed by atoms with Crippen molar-refractivity contribution in [3.8, 4) is 5.69 Å². The van der Waals surface area contributed by atoms with Gasteiger partial charge in [-0.25, -0.2) is 9.97 Å². The highest BCUT2D eigenvalue weighted by Crippen LogP contribution is 2.27. The molecule has 0 spiro atoms. The number of nitrogens with zero attached hydrogens (tertiary/aromatic N) is 6. The maximum Gasteiger partial charge on any atom is 0.233 e. The van der Waals surface area contributed by atoms with Crippen molar-refractivity contribution in [3.63, 3.8) is 0 Å². The first kappa shape index (κ1) is 22.8. The molecule has 168 valence electrons. The van der Waals surface area contributed by atoms with Gasteiger partial charge in [0.1, 0.15) is 5.82 Å². The van der Waals surface area contributed by atoms with E-state index in [1.54, 1.807) is 11.8 Å². The SMILES string of the molecule is Cc1cc(C)nc(SCc2nnc(SCC(=O)N3CCCC[C@@H]3C)n2-c2ccccc2)n1. The highest BCUT2D eigenvalue weighted by molar-refractivity contribution is 7.99. The Hall–Kier alpha value is -2.39. The molecule has 0 N–H and O–H groups in total. The van der Waals surface area contributed by atoms with Gasteiger partial charge in [-0.15, -0.1) is 10.2 Å². The number of piperidine rings is 1. The molecule has 1 amide bonds. The third-order valence-electron chi connectivity index (χ3n) is 5.45. The van der Waals surface area contributed by atoms with Gasteiger partial charge >= 0.3 is 0 Å². The molecule has 1 atom stereocenters. The zero-order valence-corrected chi connectivity index (χ0v) is 20.3. The summed E-state index contributed by atoms with van der Waals surface area (Å²) in [5.74, 6) is 1.93. The Bertz CT molecular complexity index is 1050. The van der Waals surface area contributed by atoms with Gasteiger partial charge in [0.05, 0.1) is 11.5 Å². The predicted octanol–water partition coefficient (Wildman–Crippen LogP) is 4.46. The van der Waals surface area contributed by atoms with Crippen molar-refractivity contribution in [1.82, 2.24) is 29.6 Å². The van der Waals surface area contributed by atoms with Crippen LogP contribution in [0.1, 0.15) is 43.4 Å². The predicted molar refractivity (Wildman–Crippen MR) is 128 cm³/mol. The average molecular weight is 469 g/mol. The lowest BCUT2D eigenvalue weighted by molar-refractivity contribution is -0.131. The molecule has 32 heavy (non-hydrogen) atoms. The first-order valence-corrected chi connectivity index (χ1v) is 12.9. The molecule has 1 aliphatic heterocycles. The molecule has 3 aromatic rings.